The van der Waals surface area contributed by atoms with Crippen LogP contribution in [0, 0.1) is 0 Å². The lowest BCUT2D eigenvalue weighted by Crippen LogP contribution is -2.30. The van der Waals surface area contributed by atoms with Gasteiger partial charge in [0.25, 0.3) is 0 Å². The third-order valence-electron chi connectivity index (χ3n) is 2.44. The summed E-state index contributed by atoms with van der Waals surface area (Å²) in [4.78, 5) is 23.1. The number of amides is 1. The standard InChI is InChI=1S/C12H12BrN3O3/c1-2-14-10(17)7-16-11(15-19-12(16)18)8-4-3-5-9(13)6-8/h3-6H,2,7H2,1H3,(H,14,17). The molecule has 0 unspecified atom stereocenters. The third kappa shape index (κ3) is 3.11. The summed E-state index contributed by atoms with van der Waals surface area (Å²) in [6.45, 7) is 2.20. The monoisotopic (exact) mass is 325 g/mol. The van der Waals surface area contributed by atoms with Crippen LogP contribution in [0.15, 0.2) is 38.1 Å². The van der Waals surface area contributed by atoms with Crippen molar-refractivity contribution in [1.82, 2.24) is 15.0 Å². The molecule has 0 radical (unpaired) electrons. The van der Waals surface area contributed by atoms with E-state index in [0.29, 0.717) is 17.9 Å². The van der Waals surface area contributed by atoms with Gasteiger partial charge in [-0.2, -0.15) is 0 Å². The molecule has 2 aromatic rings. The van der Waals surface area contributed by atoms with Crippen molar-refractivity contribution in [2.24, 2.45) is 0 Å². The van der Waals surface area contributed by atoms with Crippen molar-refractivity contribution in [2.45, 2.75) is 13.5 Å². The maximum absolute atomic E-state index is 11.6. The van der Waals surface area contributed by atoms with Gasteiger partial charge >= 0.3 is 5.76 Å². The first kappa shape index (κ1) is 13.5. The van der Waals surface area contributed by atoms with Crippen molar-refractivity contribution in [3.8, 4) is 11.4 Å². The topological polar surface area (TPSA) is 77.1 Å². The van der Waals surface area contributed by atoms with Crippen molar-refractivity contribution in [3.63, 3.8) is 0 Å². The van der Waals surface area contributed by atoms with Crippen LogP contribution in [0.25, 0.3) is 11.4 Å². The molecule has 19 heavy (non-hydrogen) atoms. The Labute approximate surface area is 117 Å². The summed E-state index contributed by atoms with van der Waals surface area (Å²) >= 11 is 3.34. The lowest BCUT2D eigenvalue weighted by molar-refractivity contribution is -0.121. The molecule has 0 spiro atoms. The van der Waals surface area contributed by atoms with Gasteiger partial charge in [0.1, 0.15) is 6.54 Å². The van der Waals surface area contributed by atoms with E-state index in [9.17, 15) is 9.59 Å². The number of nitrogens with zero attached hydrogens (tertiary/aromatic N) is 2. The van der Waals surface area contributed by atoms with Crippen molar-refractivity contribution < 1.29 is 9.32 Å². The Morgan fingerprint density at radius 1 is 1.53 bits per heavy atom. The van der Waals surface area contributed by atoms with Crippen LogP contribution >= 0.6 is 15.9 Å². The molecule has 0 aliphatic rings. The fourth-order valence-electron chi connectivity index (χ4n) is 1.64. The van der Waals surface area contributed by atoms with Gasteiger partial charge in [-0.05, 0) is 19.1 Å². The molecule has 1 aromatic heterocycles. The van der Waals surface area contributed by atoms with Crippen molar-refractivity contribution >= 4 is 21.8 Å². The molecule has 0 aliphatic heterocycles. The summed E-state index contributed by atoms with van der Waals surface area (Å²) in [6, 6.07) is 7.26. The quantitative estimate of drug-likeness (QED) is 0.921. The summed E-state index contributed by atoms with van der Waals surface area (Å²) in [6.07, 6.45) is 0. The second-order valence-corrected chi connectivity index (χ2v) is 4.74. The molecule has 0 bridgehead atoms. The van der Waals surface area contributed by atoms with Crippen LogP contribution in [0.3, 0.4) is 0 Å². The Balaban J connectivity index is 2.37. The summed E-state index contributed by atoms with van der Waals surface area (Å²) in [5.74, 6) is -0.581. The van der Waals surface area contributed by atoms with Crippen LogP contribution in [0.1, 0.15) is 6.92 Å². The zero-order valence-corrected chi connectivity index (χ0v) is 11.8. The van der Waals surface area contributed by atoms with E-state index >= 15 is 0 Å². The predicted molar refractivity (Wildman–Crippen MR) is 72.6 cm³/mol. The van der Waals surface area contributed by atoms with Crippen LogP contribution in [0.5, 0.6) is 0 Å². The van der Waals surface area contributed by atoms with E-state index in [1.807, 2.05) is 19.1 Å². The van der Waals surface area contributed by atoms with E-state index in [0.717, 1.165) is 4.47 Å². The molecule has 2 rings (SSSR count). The number of nitrogens with one attached hydrogen (secondary N) is 1. The molecule has 1 aromatic carbocycles. The summed E-state index contributed by atoms with van der Waals surface area (Å²) < 4.78 is 6.68. The molecule has 1 N–H and O–H groups in total. The van der Waals surface area contributed by atoms with Crippen molar-refractivity contribution in [1.29, 1.82) is 0 Å². The predicted octanol–water partition coefficient (Wildman–Crippen LogP) is 1.40. The number of hydrogen-bond donors (Lipinski definition) is 1. The number of likely N-dealkylation sites (N-methyl/N-ethyl adjacent to an activating group) is 1. The van der Waals surface area contributed by atoms with Gasteiger partial charge in [0.15, 0.2) is 5.82 Å². The van der Waals surface area contributed by atoms with Gasteiger partial charge in [0.2, 0.25) is 5.91 Å². The van der Waals surface area contributed by atoms with Gasteiger partial charge in [0, 0.05) is 16.6 Å². The summed E-state index contributed by atoms with van der Waals surface area (Å²) in [5, 5.41) is 6.34. The van der Waals surface area contributed by atoms with Crippen LogP contribution in [0.4, 0.5) is 0 Å². The number of halogens is 1. The molecule has 0 aliphatic carbocycles. The zero-order chi connectivity index (χ0) is 13.8. The first-order chi connectivity index (χ1) is 9.11. The van der Waals surface area contributed by atoms with E-state index < -0.39 is 5.76 Å². The maximum Gasteiger partial charge on any atom is 0.442 e. The molecule has 1 amide bonds. The Bertz CT molecular complexity index is 648. The van der Waals surface area contributed by atoms with Crippen molar-refractivity contribution in [2.75, 3.05) is 6.54 Å². The Kier molecular flexibility index (Phi) is 4.16. The van der Waals surface area contributed by atoms with Crippen LogP contribution in [-0.4, -0.2) is 22.2 Å². The Morgan fingerprint density at radius 2 is 2.32 bits per heavy atom. The van der Waals surface area contributed by atoms with Gasteiger partial charge in [-0.15, -0.1) is 0 Å². The number of hydrogen-bond acceptors (Lipinski definition) is 4. The minimum Gasteiger partial charge on any atom is -0.355 e. The second-order valence-electron chi connectivity index (χ2n) is 3.82. The lowest BCUT2D eigenvalue weighted by Gasteiger charge is -2.05. The van der Waals surface area contributed by atoms with Gasteiger partial charge in [-0.1, -0.05) is 33.2 Å². The normalized spacial score (nSPS) is 10.4. The van der Waals surface area contributed by atoms with Crippen LogP contribution < -0.4 is 11.1 Å². The molecule has 0 atom stereocenters. The number of benzene rings is 1. The highest BCUT2D eigenvalue weighted by Crippen LogP contribution is 2.20. The van der Waals surface area contributed by atoms with Gasteiger partial charge in [0.05, 0.1) is 0 Å². The van der Waals surface area contributed by atoms with E-state index in [1.165, 1.54) is 4.57 Å². The van der Waals surface area contributed by atoms with Crippen molar-refractivity contribution in [3.05, 3.63) is 39.3 Å². The Morgan fingerprint density at radius 3 is 3.00 bits per heavy atom. The molecule has 1 heterocycles. The van der Waals surface area contributed by atoms with Crippen LogP contribution in [-0.2, 0) is 11.3 Å². The average molecular weight is 326 g/mol. The molecule has 7 heteroatoms. The SMILES string of the molecule is CCNC(=O)Cn1c(-c2cccc(Br)c2)noc1=O. The molecule has 6 nitrogen and oxygen atoms in total. The number of aromatic nitrogens is 2. The minimum atomic E-state index is -0.652. The smallest absolute Gasteiger partial charge is 0.355 e. The molecule has 0 saturated heterocycles. The van der Waals surface area contributed by atoms with Gasteiger partial charge < -0.3 is 5.32 Å². The highest BCUT2D eigenvalue weighted by Gasteiger charge is 2.15. The first-order valence-corrected chi connectivity index (χ1v) is 6.50. The van der Waals surface area contributed by atoms with E-state index in [2.05, 4.69) is 30.9 Å². The molecule has 0 fully saturated rings. The minimum absolute atomic E-state index is 0.113. The lowest BCUT2D eigenvalue weighted by atomic mass is 10.2. The average Bonchev–Trinajstić information content (AvgIpc) is 2.71. The van der Waals surface area contributed by atoms with E-state index in [1.54, 1.807) is 12.1 Å². The van der Waals surface area contributed by atoms with Gasteiger partial charge in [-0.3, -0.25) is 9.32 Å². The number of carbonyl (C=O) groups excluding carboxylic acids is 1. The van der Waals surface area contributed by atoms with E-state index in [4.69, 9.17) is 0 Å². The molecular formula is C12H12BrN3O3. The fraction of sp³-hybridized carbons (Fsp3) is 0.250. The van der Waals surface area contributed by atoms with E-state index in [-0.39, 0.29) is 12.5 Å². The first-order valence-electron chi connectivity index (χ1n) is 5.71. The van der Waals surface area contributed by atoms with Gasteiger partial charge in [-0.25, -0.2) is 9.36 Å². The summed E-state index contributed by atoms with van der Waals surface area (Å²) in [5.41, 5.74) is 0.699. The zero-order valence-electron chi connectivity index (χ0n) is 10.2. The largest absolute Gasteiger partial charge is 0.442 e. The second kappa shape index (κ2) is 5.83. The highest BCUT2D eigenvalue weighted by atomic mass is 79.9. The third-order valence-corrected chi connectivity index (χ3v) is 2.94. The molecular weight excluding hydrogens is 314 g/mol. The Hall–Kier alpha value is -1.89. The molecule has 0 saturated carbocycles. The number of rotatable bonds is 4. The van der Waals surface area contributed by atoms with Crippen LogP contribution in [0.2, 0.25) is 0 Å². The highest BCUT2D eigenvalue weighted by molar-refractivity contribution is 9.10. The molecule has 100 valence electrons. The number of carbonyl (C=O) groups is 1. The maximum atomic E-state index is 11.6. The summed E-state index contributed by atoms with van der Waals surface area (Å²) in [7, 11) is 0. The fourth-order valence-corrected chi connectivity index (χ4v) is 2.04.